The molecule has 0 N–H and O–H groups in total. The summed E-state index contributed by atoms with van der Waals surface area (Å²) >= 11 is 0. The highest BCUT2D eigenvalue weighted by molar-refractivity contribution is 5.68. The summed E-state index contributed by atoms with van der Waals surface area (Å²) in [5.41, 5.74) is 4.34. The largest absolute Gasteiger partial charge is 0.373 e. The van der Waals surface area contributed by atoms with Crippen LogP contribution in [0.4, 0.5) is 0 Å². The van der Waals surface area contributed by atoms with Gasteiger partial charge in [-0.2, -0.15) is 0 Å². The SMILES string of the molecule is CCC(=CCC1CO1)c1ccccc1CC. The molecule has 2 rings (SSSR count). The first kappa shape index (κ1) is 11.4. The Morgan fingerprint density at radius 2 is 2.12 bits per heavy atom. The van der Waals surface area contributed by atoms with E-state index in [0.29, 0.717) is 6.10 Å². The Morgan fingerprint density at radius 3 is 2.75 bits per heavy atom. The average Bonchev–Trinajstić information content (AvgIpc) is 3.14. The van der Waals surface area contributed by atoms with Gasteiger partial charge in [-0.15, -0.1) is 0 Å². The van der Waals surface area contributed by atoms with Gasteiger partial charge in [0, 0.05) is 0 Å². The Hall–Kier alpha value is -1.08. The molecule has 1 heteroatoms. The van der Waals surface area contributed by atoms with Crippen LogP contribution in [0.3, 0.4) is 0 Å². The summed E-state index contributed by atoms with van der Waals surface area (Å²) < 4.78 is 5.25. The van der Waals surface area contributed by atoms with E-state index in [4.69, 9.17) is 4.74 Å². The van der Waals surface area contributed by atoms with Gasteiger partial charge in [0.25, 0.3) is 0 Å². The van der Waals surface area contributed by atoms with E-state index in [1.807, 2.05) is 0 Å². The summed E-state index contributed by atoms with van der Waals surface area (Å²) in [6.07, 6.45) is 6.13. The van der Waals surface area contributed by atoms with Gasteiger partial charge in [-0.1, -0.05) is 44.2 Å². The van der Waals surface area contributed by atoms with E-state index in [2.05, 4.69) is 44.2 Å². The smallest absolute Gasteiger partial charge is 0.0844 e. The van der Waals surface area contributed by atoms with E-state index in [1.165, 1.54) is 16.7 Å². The molecule has 1 saturated heterocycles. The molecule has 1 aliphatic heterocycles. The topological polar surface area (TPSA) is 12.5 Å². The summed E-state index contributed by atoms with van der Waals surface area (Å²) in [6, 6.07) is 8.72. The van der Waals surface area contributed by atoms with Crippen LogP contribution in [0.15, 0.2) is 30.3 Å². The molecule has 1 aromatic carbocycles. The third-order valence-corrected chi connectivity index (χ3v) is 3.15. The number of aryl methyl sites for hydroxylation is 1. The van der Waals surface area contributed by atoms with Gasteiger partial charge in [-0.3, -0.25) is 0 Å². The van der Waals surface area contributed by atoms with Crippen molar-refractivity contribution in [3.63, 3.8) is 0 Å². The van der Waals surface area contributed by atoms with Crippen LogP contribution >= 0.6 is 0 Å². The maximum atomic E-state index is 5.25. The highest BCUT2D eigenvalue weighted by Gasteiger charge is 2.20. The quantitative estimate of drug-likeness (QED) is 0.681. The van der Waals surface area contributed by atoms with Crippen LogP contribution in [0.5, 0.6) is 0 Å². The van der Waals surface area contributed by atoms with Crippen LogP contribution in [0.25, 0.3) is 5.57 Å². The Morgan fingerprint density at radius 1 is 1.38 bits per heavy atom. The van der Waals surface area contributed by atoms with Crippen LogP contribution in [0.1, 0.15) is 37.8 Å². The lowest BCUT2D eigenvalue weighted by atomic mass is 9.95. The highest BCUT2D eigenvalue weighted by atomic mass is 16.6. The molecule has 1 fully saturated rings. The lowest BCUT2D eigenvalue weighted by molar-refractivity contribution is 0.410. The van der Waals surface area contributed by atoms with Gasteiger partial charge in [0.05, 0.1) is 12.7 Å². The minimum absolute atomic E-state index is 0.496. The monoisotopic (exact) mass is 216 g/mol. The Balaban J connectivity index is 2.20. The van der Waals surface area contributed by atoms with Gasteiger partial charge in [0.2, 0.25) is 0 Å². The van der Waals surface area contributed by atoms with Crippen molar-refractivity contribution < 1.29 is 4.74 Å². The maximum Gasteiger partial charge on any atom is 0.0844 e. The fourth-order valence-electron chi connectivity index (χ4n) is 2.06. The minimum atomic E-state index is 0.496. The molecular weight excluding hydrogens is 196 g/mol. The number of benzene rings is 1. The summed E-state index contributed by atoms with van der Waals surface area (Å²) in [4.78, 5) is 0. The van der Waals surface area contributed by atoms with Gasteiger partial charge >= 0.3 is 0 Å². The molecule has 1 nitrogen and oxygen atoms in total. The predicted octanol–water partition coefficient (Wildman–Crippen LogP) is 3.83. The van der Waals surface area contributed by atoms with Crippen molar-refractivity contribution in [2.45, 2.75) is 39.2 Å². The Kier molecular flexibility index (Phi) is 3.79. The standard InChI is InChI=1S/C15H20O/c1-3-12-7-5-6-8-15(12)13(4-2)9-10-14-11-16-14/h5-9,14H,3-4,10-11H2,1-2H3. The first-order chi connectivity index (χ1) is 7.85. The third kappa shape index (κ3) is 2.73. The van der Waals surface area contributed by atoms with E-state index in [0.717, 1.165) is 25.9 Å². The molecular formula is C15H20O. The van der Waals surface area contributed by atoms with Crippen molar-refractivity contribution in [1.82, 2.24) is 0 Å². The van der Waals surface area contributed by atoms with Gasteiger partial charge < -0.3 is 4.74 Å². The lowest BCUT2D eigenvalue weighted by Crippen LogP contribution is -1.92. The van der Waals surface area contributed by atoms with Gasteiger partial charge in [-0.05, 0) is 36.0 Å². The Labute approximate surface area is 98.1 Å². The second-order valence-corrected chi connectivity index (χ2v) is 4.28. The second kappa shape index (κ2) is 5.31. The summed E-state index contributed by atoms with van der Waals surface area (Å²) in [5, 5.41) is 0. The maximum absolute atomic E-state index is 5.25. The van der Waals surface area contributed by atoms with Gasteiger partial charge in [-0.25, -0.2) is 0 Å². The summed E-state index contributed by atoms with van der Waals surface area (Å²) in [6.45, 7) is 5.39. The molecule has 1 heterocycles. The molecule has 86 valence electrons. The van der Waals surface area contributed by atoms with E-state index < -0.39 is 0 Å². The fraction of sp³-hybridized carbons (Fsp3) is 0.467. The number of hydrogen-bond acceptors (Lipinski definition) is 1. The van der Waals surface area contributed by atoms with Crippen molar-refractivity contribution in [3.05, 3.63) is 41.5 Å². The molecule has 0 amide bonds. The number of epoxide rings is 1. The Bertz CT molecular complexity index is 375. The first-order valence-electron chi connectivity index (χ1n) is 6.24. The number of allylic oxidation sites excluding steroid dienone is 1. The summed E-state index contributed by atoms with van der Waals surface area (Å²) in [7, 11) is 0. The van der Waals surface area contributed by atoms with Crippen molar-refractivity contribution >= 4 is 5.57 Å². The molecule has 1 aromatic rings. The molecule has 0 bridgehead atoms. The zero-order valence-corrected chi connectivity index (χ0v) is 10.2. The normalized spacial score (nSPS) is 19.9. The number of rotatable bonds is 5. The number of ether oxygens (including phenoxy) is 1. The van der Waals surface area contributed by atoms with Gasteiger partial charge in [0.1, 0.15) is 0 Å². The predicted molar refractivity (Wildman–Crippen MR) is 68.4 cm³/mol. The molecule has 1 aliphatic rings. The molecule has 16 heavy (non-hydrogen) atoms. The highest BCUT2D eigenvalue weighted by Crippen LogP contribution is 2.25. The molecule has 0 radical (unpaired) electrons. The van der Waals surface area contributed by atoms with Crippen LogP contribution in [-0.2, 0) is 11.2 Å². The van der Waals surface area contributed by atoms with Crippen LogP contribution in [-0.4, -0.2) is 12.7 Å². The average molecular weight is 216 g/mol. The van der Waals surface area contributed by atoms with E-state index in [-0.39, 0.29) is 0 Å². The zero-order chi connectivity index (χ0) is 11.4. The van der Waals surface area contributed by atoms with Crippen molar-refractivity contribution in [3.8, 4) is 0 Å². The number of hydrogen-bond donors (Lipinski definition) is 0. The molecule has 0 aromatic heterocycles. The molecule has 0 spiro atoms. The van der Waals surface area contributed by atoms with E-state index in [9.17, 15) is 0 Å². The van der Waals surface area contributed by atoms with Crippen molar-refractivity contribution in [2.75, 3.05) is 6.61 Å². The molecule has 0 saturated carbocycles. The van der Waals surface area contributed by atoms with E-state index in [1.54, 1.807) is 0 Å². The van der Waals surface area contributed by atoms with Gasteiger partial charge in [0.15, 0.2) is 0 Å². The van der Waals surface area contributed by atoms with Crippen LogP contribution < -0.4 is 0 Å². The van der Waals surface area contributed by atoms with Crippen LogP contribution in [0, 0.1) is 0 Å². The third-order valence-electron chi connectivity index (χ3n) is 3.15. The molecule has 1 unspecified atom stereocenters. The minimum Gasteiger partial charge on any atom is -0.373 e. The molecule has 1 atom stereocenters. The second-order valence-electron chi connectivity index (χ2n) is 4.28. The lowest BCUT2D eigenvalue weighted by Gasteiger charge is -2.10. The van der Waals surface area contributed by atoms with Crippen LogP contribution in [0.2, 0.25) is 0 Å². The zero-order valence-electron chi connectivity index (χ0n) is 10.2. The first-order valence-corrected chi connectivity index (χ1v) is 6.24. The summed E-state index contributed by atoms with van der Waals surface area (Å²) in [5.74, 6) is 0. The molecule has 0 aliphatic carbocycles. The van der Waals surface area contributed by atoms with E-state index >= 15 is 0 Å². The fourth-order valence-corrected chi connectivity index (χ4v) is 2.06. The van der Waals surface area contributed by atoms with Crippen molar-refractivity contribution in [1.29, 1.82) is 0 Å². The van der Waals surface area contributed by atoms with Crippen molar-refractivity contribution in [2.24, 2.45) is 0 Å².